The topological polar surface area (TPSA) is 70.4 Å². The van der Waals surface area contributed by atoms with E-state index in [-0.39, 0.29) is 18.0 Å². The first-order chi connectivity index (χ1) is 15.7. The first-order valence-corrected chi connectivity index (χ1v) is 10.6. The number of hydrogen-bond donors (Lipinski definition) is 2. The molecule has 0 unspecified atom stereocenters. The number of benzene rings is 3. The van der Waals surface area contributed by atoms with Gasteiger partial charge in [0.15, 0.2) is 5.58 Å². The molecule has 8 heteroatoms. The molecular formula is C25H24ClFN4O2. The number of nitrogens with one attached hydrogen (secondary N) is 2. The Kier molecular flexibility index (Phi) is 7.03. The Morgan fingerprint density at radius 2 is 1.88 bits per heavy atom. The summed E-state index contributed by atoms with van der Waals surface area (Å²) in [6.07, 6.45) is 0. The van der Waals surface area contributed by atoms with Crippen LogP contribution in [-0.2, 0) is 6.54 Å². The van der Waals surface area contributed by atoms with Crippen molar-refractivity contribution in [3.05, 3.63) is 83.7 Å². The van der Waals surface area contributed by atoms with E-state index in [2.05, 4.69) is 26.6 Å². The number of aromatic nitrogens is 1. The second-order valence-electron chi connectivity index (χ2n) is 7.86. The fourth-order valence-corrected chi connectivity index (χ4v) is 3.91. The van der Waals surface area contributed by atoms with Crippen molar-refractivity contribution in [1.29, 1.82) is 0 Å². The van der Waals surface area contributed by atoms with Crippen LogP contribution < -0.4 is 10.6 Å². The van der Waals surface area contributed by atoms with Gasteiger partial charge < -0.3 is 15.1 Å². The zero-order valence-corrected chi connectivity index (χ0v) is 18.7. The minimum absolute atomic E-state index is 0. The molecule has 0 bridgehead atoms. The molecule has 0 atom stereocenters. The Morgan fingerprint density at radius 1 is 1.06 bits per heavy atom. The molecule has 170 valence electrons. The Labute approximate surface area is 197 Å². The highest BCUT2D eigenvalue weighted by atomic mass is 35.5. The third kappa shape index (κ3) is 5.22. The number of amides is 1. The van der Waals surface area contributed by atoms with E-state index in [0.717, 1.165) is 38.2 Å². The third-order valence-electron chi connectivity index (χ3n) is 5.56. The maximum atomic E-state index is 13.5. The van der Waals surface area contributed by atoms with Crippen LogP contribution in [0.5, 0.6) is 0 Å². The van der Waals surface area contributed by atoms with Gasteiger partial charge in [0.05, 0.1) is 11.3 Å². The molecule has 0 saturated carbocycles. The molecule has 33 heavy (non-hydrogen) atoms. The largest absolute Gasteiger partial charge is 0.436 e. The summed E-state index contributed by atoms with van der Waals surface area (Å²) >= 11 is 0. The van der Waals surface area contributed by atoms with Crippen molar-refractivity contribution in [2.24, 2.45) is 0 Å². The highest BCUT2D eigenvalue weighted by molar-refractivity contribution is 6.06. The average molecular weight is 467 g/mol. The second-order valence-corrected chi connectivity index (χ2v) is 7.86. The molecule has 6 nitrogen and oxygen atoms in total. The van der Waals surface area contributed by atoms with Crippen LogP contribution in [0, 0.1) is 5.82 Å². The summed E-state index contributed by atoms with van der Waals surface area (Å²) in [7, 11) is 0. The molecule has 0 radical (unpaired) electrons. The molecular weight excluding hydrogens is 443 g/mol. The van der Waals surface area contributed by atoms with Crippen molar-refractivity contribution in [1.82, 2.24) is 15.2 Å². The number of hydrogen-bond acceptors (Lipinski definition) is 5. The van der Waals surface area contributed by atoms with Crippen LogP contribution >= 0.6 is 12.4 Å². The molecule has 0 spiro atoms. The minimum Gasteiger partial charge on any atom is -0.436 e. The molecule has 1 aliphatic heterocycles. The van der Waals surface area contributed by atoms with Gasteiger partial charge in [0.1, 0.15) is 11.3 Å². The van der Waals surface area contributed by atoms with Crippen molar-refractivity contribution in [2.45, 2.75) is 6.54 Å². The van der Waals surface area contributed by atoms with Gasteiger partial charge in [-0.15, -0.1) is 12.4 Å². The van der Waals surface area contributed by atoms with Gasteiger partial charge in [0.2, 0.25) is 5.89 Å². The number of para-hydroxylation sites is 1. The predicted octanol–water partition coefficient (Wildman–Crippen LogP) is 4.71. The molecule has 1 amide bonds. The molecule has 1 saturated heterocycles. The summed E-state index contributed by atoms with van der Waals surface area (Å²) < 4.78 is 19.6. The van der Waals surface area contributed by atoms with E-state index in [1.165, 1.54) is 23.8 Å². The van der Waals surface area contributed by atoms with Crippen LogP contribution in [0.3, 0.4) is 0 Å². The molecule has 5 rings (SSSR count). The van der Waals surface area contributed by atoms with Crippen LogP contribution in [0.4, 0.5) is 10.1 Å². The normalized spacial score (nSPS) is 14.1. The standard InChI is InChI=1S/C25H23FN4O2.ClH/c26-19-5-3-4-18(15-19)24(31)28-21-7-2-1-6-20(21)25-29-22-9-8-17(14-23(22)32-25)16-30-12-10-27-11-13-30;/h1-9,14-15,27H,10-13,16H2,(H,28,31);1H. The van der Waals surface area contributed by atoms with Crippen LogP contribution in [0.15, 0.2) is 71.1 Å². The third-order valence-corrected chi connectivity index (χ3v) is 5.56. The molecule has 1 fully saturated rings. The van der Waals surface area contributed by atoms with E-state index in [4.69, 9.17) is 4.42 Å². The monoisotopic (exact) mass is 466 g/mol. The summed E-state index contributed by atoms with van der Waals surface area (Å²) in [5, 5.41) is 6.21. The smallest absolute Gasteiger partial charge is 0.255 e. The molecule has 2 N–H and O–H groups in total. The van der Waals surface area contributed by atoms with Crippen molar-refractivity contribution in [3.63, 3.8) is 0 Å². The van der Waals surface area contributed by atoms with Gasteiger partial charge in [-0.2, -0.15) is 0 Å². The molecule has 4 aromatic rings. The first-order valence-electron chi connectivity index (χ1n) is 10.6. The van der Waals surface area contributed by atoms with Crippen LogP contribution in [0.2, 0.25) is 0 Å². The number of nitrogens with zero attached hydrogens (tertiary/aromatic N) is 2. The van der Waals surface area contributed by atoms with E-state index in [9.17, 15) is 9.18 Å². The fraction of sp³-hybridized carbons (Fsp3) is 0.200. The number of rotatable bonds is 5. The zero-order chi connectivity index (χ0) is 21.9. The Balaban J connectivity index is 0.00000259. The molecule has 0 aliphatic carbocycles. The molecule has 1 aromatic heterocycles. The molecule has 2 heterocycles. The predicted molar refractivity (Wildman–Crippen MR) is 129 cm³/mol. The van der Waals surface area contributed by atoms with E-state index in [1.54, 1.807) is 12.1 Å². The van der Waals surface area contributed by atoms with Gasteiger partial charge in [-0.25, -0.2) is 9.37 Å². The number of piperazine rings is 1. The van der Waals surface area contributed by atoms with Crippen molar-refractivity contribution >= 4 is 35.1 Å². The van der Waals surface area contributed by atoms with E-state index < -0.39 is 11.7 Å². The second kappa shape index (κ2) is 10.1. The number of carbonyl (C=O) groups is 1. The lowest BCUT2D eigenvalue weighted by molar-refractivity contribution is 0.102. The van der Waals surface area contributed by atoms with Crippen LogP contribution in [0.1, 0.15) is 15.9 Å². The lowest BCUT2D eigenvalue weighted by Gasteiger charge is -2.27. The minimum atomic E-state index is -0.457. The summed E-state index contributed by atoms with van der Waals surface area (Å²) in [6.45, 7) is 4.93. The summed E-state index contributed by atoms with van der Waals surface area (Å²) in [4.78, 5) is 19.7. The summed E-state index contributed by atoms with van der Waals surface area (Å²) in [5.41, 5.74) is 4.10. The van der Waals surface area contributed by atoms with Gasteiger partial charge in [-0.1, -0.05) is 24.3 Å². The summed E-state index contributed by atoms with van der Waals surface area (Å²) in [5.74, 6) is -0.428. The first kappa shape index (κ1) is 22.9. The van der Waals surface area contributed by atoms with Crippen molar-refractivity contribution in [2.75, 3.05) is 31.5 Å². The van der Waals surface area contributed by atoms with E-state index >= 15 is 0 Å². The highest BCUT2D eigenvalue weighted by Crippen LogP contribution is 2.31. The lowest BCUT2D eigenvalue weighted by atomic mass is 10.1. The Hall–Kier alpha value is -3.26. The van der Waals surface area contributed by atoms with Gasteiger partial charge in [-0.05, 0) is 48.0 Å². The quantitative estimate of drug-likeness (QED) is 0.445. The number of fused-ring (bicyclic) bond motifs is 1. The SMILES string of the molecule is Cl.O=C(Nc1ccccc1-c1nc2ccc(CN3CCNCC3)cc2o1)c1cccc(F)c1. The number of carbonyl (C=O) groups excluding carboxylic acids is 1. The van der Waals surface area contributed by atoms with Gasteiger partial charge in [0, 0.05) is 38.3 Å². The molecule has 1 aliphatic rings. The van der Waals surface area contributed by atoms with E-state index in [0.29, 0.717) is 22.7 Å². The average Bonchev–Trinajstić information content (AvgIpc) is 3.23. The van der Waals surface area contributed by atoms with E-state index in [1.807, 2.05) is 30.3 Å². The Bertz CT molecular complexity index is 1270. The fourth-order valence-electron chi connectivity index (χ4n) is 3.91. The van der Waals surface area contributed by atoms with Gasteiger partial charge >= 0.3 is 0 Å². The number of oxazole rings is 1. The maximum absolute atomic E-state index is 13.5. The van der Waals surface area contributed by atoms with Crippen molar-refractivity contribution in [3.8, 4) is 11.5 Å². The van der Waals surface area contributed by atoms with Crippen molar-refractivity contribution < 1.29 is 13.6 Å². The number of anilines is 1. The number of halogens is 2. The van der Waals surface area contributed by atoms with Gasteiger partial charge in [-0.3, -0.25) is 9.69 Å². The lowest BCUT2D eigenvalue weighted by Crippen LogP contribution is -2.42. The highest BCUT2D eigenvalue weighted by Gasteiger charge is 2.16. The zero-order valence-electron chi connectivity index (χ0n) is 17.9. The summed E-state index contributed by atoms with van der Waals surface area (Å²) in [6, 6.07) is 19.0. The molecule has 3 aromatic carbocycles. The Morgan fingerprint density at radius 3 is 2.70 bits per heavy atom. The van der Waals surface area contributed by atoms with Crippen LogP contribution in [-0.4, -0.2) is 42.0 Å². The van der Waals surface area contributed by atoms with Gasteiger partial charge in [0.25, 0.3) is 5.91 Å². The van der Waals surface area contributed by atoms with Crippen LogP contribution in [0.25, 0.3) is 22.6 Å². The maximum Gasteiger partial charge on any atom is 0.255 e.